The molecule has 1 saturated heterocycles. The predicted molar refractivity (Wildman–Crippen MR) is 108 cm³/mol. The van der Waals surface area contributed by atoms with Crippen LogP contribution in [0.1, 0.15) is 24.0 Å². The monoisotopic (exact) mass is 383 g/mol. The van der Waals surface area contributed by atoms with Crippen molar-refractivity contribution in [3.05, 3.63) is 56.2 Å². The number of hydrogen-bond acceptors (Lipinski definition) is 5. The van der Waals surface area contributed by atoms with Gasteiger partial charge in [0.2, 0.25) is 5.95 Å². The molecule has 0 aliphatic carbocycles. The molecule has 1 aliphatic rings. The highest BCUT2D eigenvalue weighted by Crippen LogP contribution is 2.19. The highest BCUT2D eigenvalue weighted by Gasteiger charge is 2.21. The average molecular weight is 383 g/mol. The van der Waals surface area contributed by atoms with E-state index in [0.29, 0.717) is 30.2 Å². The number of benzene rings is 1. The van der Waals surface area contributed by atoms with Crippen molar-refractivity contribution in [2.75, 3.05) is 18.5 Å². The Balaban J connectivity index is 1.82. The molecule has 1 unspecified atom stereocenters. The molecule has 1 aromatic carbocycles. The fraction of sp³-hybridized carbons (Fsp3) is 0.450. The number of anilines is 1. The Bertz CT molecular complexity index is 1120. The van der Waals surface area contributed by atoms with Crippen LogP contribution in [-0.2, 0) is 25.4 Å². The van der Waals surface area contributed by atoms with Crippen LogP contribution in [0.15, 0.2) is 33.9 Å². The van der Waals surface area contributed by atoms with Gasteiger partial charge in [0, 0.05) is 27.2 Å². The van der Waals surface area contributed by atoms with Gasteiger partial charge in [0.25, 0.3) is 5.56 Å². The largest absolute Gasteiger partial charge is 0.376 e. The smallest absolute Gasteiger partial charge is 0.332 e. The van der Waals surface area contributed by atoms with Gasteiger partial charge < -0.3 is 10.1 Å². The summed E-state index contributed by atoms with van der Waals surface area (Å²) in [5, 5.41) is 3.33. The minimum Gasteiger partial charge on any atom is -0.376 e. The normalized spacial score (nSPS) is 16.8. The lowest BCUT2D eigenvalue weighted by molar-refractivity contribution is 0.120. The molecule has 3 heterocycles. The molecule has 8 nitrogen and oxygen atoms in total. The van der Waals surface area contributed by atoms with E-state index in [1.54, 1.807) is 7.05 Å². The maximum absolute atomic E-state index is 12.9. The van der Waals surface area contributed by atoms with Crippen LogP contribution in [0, 0.1) is 6.92 Å². The third kappa shape index (κ3) is 3.24. The molecule has 28 heavy (non-hydrogen) atoms. The summed E-state index contributed by atoms with van der Waals surface area (Å²) in [4.78, 5) is 29.8. The van der Waals surface area contributed by atoms with E-state index < -0.39 is 0 Å². The van der Waals surface area contributed by atoms with Crippen LogP contribution >= 0.6 is 0 Å². The number of fused-ring (bicyclic) bond motifs is 1. The first-order valence-corrected chi connectivity index (χ1v) is 9.53. The Morgan fingerprint density at radius 2 is 1.93 bits per heavy atom. The number of rotatable bonds is 5. The summed E-state index contributed by atoms with van der Waals surface area (Å²) in [5.41, 5.74) is 2.30. The first-order valence-electron chi connectivity index (χ1n) is 9.53. The van der Waals surface area contributed by atoms with Gasteiger partial charge in [-0.3, -0.25) is 18.5 Å². The molecule has 1 aliphatic heterocycles. The van der Waals surface area contributed by atoms with Crippen molar-refractivity contribution in [3.8, 4) is 0 Å². The predicted octanol–water partition coefficient (Wildman–Crippen LogP) is 1.38. The third-order valence-electron chi connectivity index (χ3n) is 5.32. The third-order valence-corrected chi connectivity index (χ3v) is 5.32. The molecule has 1 atom stereocenters. The van der Waals surface area contributed by atoms with Crippen LogP contribution in [0.3, 0.4) is 0 Å². The highest BCUT2D eigenvalue weighted by molar-refractivity contribution is 5.74. The standard InChI is InChI=1S/C20H25N5O3/c1-13-6-8-14(9-7-13)12-25-16-17(23(2)20(27)24(3)18(16)26)22-19(25)21-11-15-5-4-10-28-15/h6-9,15H,4-5,10-12H2,1-3H3,(H,21,22). The summed E-state index contributed by atoms with van der Waals surface area (Å²) in [7, 11) is 3.13. The molecule has 8 heteroatoms. The lowest BCUT2D eigenvalue weighted by Gasteiger charge is -2.14. The molecule has 148 valence electrons. The molecule has 0 radical (unpaired) electrons. The van der Waals surface area contributed by atoms with Gasteiger partial charge in [0.05, 0.1) is 12.6 Å². The quantitative estimate of drug-likeness (QED) is 0.720. The Hall–Kier alpha value is -2.87. The van der Waals surface area contributed by atoms with Gasteiger partial charge in [-0.05, 0) is 25.3 Å². The molecule has 0 bridgehead atoms. The van der Waals surface area contributed by atoms with E-state index in [4.69, 9.17) is 4.74 Å². The van der Waals surface area contributed by atoms with Gasteiger partial charge in [0.15, 0.2) is 11.2 Å². The second kappa shape index (κ2) is 7.27. The molecule has 2 aromatic heterocycles. The van der Waals surface area contributed by atoms with Crippen molar-refractivity contribution in [1.29, 1.82) is 0 Å². The zero-order valence-corrected chi connectivity index (χ0v) is 16.4. The van der Waals surface area contributed by atoms with E-state index in [-0.39, 0.29) is 17.4 Å². The van der Waals surface area contributed by atoms with E-state index in [9.17, 15) is 9.59 Å². The summed E-state index contributed by atoms with van der Waals surface area (Å²) < 4.78 is 10.1. The van der Waals surface area contributed by atoms with Crippen molar-refractivity contribution in [2.45, 2.75) is 32.4 Å². The molecule has 1 fully saturated rings. The SMILES string of the molecule is Cc1ccc(Cn2c(NCC3CCCO3)nc3c2c(=O)n(C)c(=O)n3C)cc1. The molecule has 0 amide bonds. The number of aromatic nitrogens is 4. The molecule has 0 spiro atoms. The van der Waals surface area contributed by atoms with Crippen LogP contribution in [0.4, 0.5) is 5.95 Å². The van der Waals surface area contributed by atoms with Crippen molar-refractivity contribution in [1.82, 2.24) is 18.7 Å². The summed E-state index contributed by atoms with van der Waals surface area (Å²) in [5.74, 6) is 0.573. The summed E-state index contributed by atoms with van der Waals surface area (Å²) in [6, 6.07) is 8.17. The second-order valence-corrected chi connectivity index (χ2v) is 7.40. The maximum Gasteiger partial charge on any atom is 0.332 e. The Kier molecular flexibility index (Phi) is 4.80. The van der Waals surface area contributed by atoms with Gasteiger partial charge in [0.1, 0.15) is 0 Å². The minimum atomic E-state index is -0.386. The first-order chi connectivity index (χ1) is 13.5. The second-order valence-electron chi connectivity index (χ2n) is 7.40. The lowest BCUT2D eigenvalue weighted by Crippen LogP contribution is -2.37. The number of imidazole rings is 1. The van der Waals surface area contributed by atoms with Crippen LogP contribution in [-0.4, -0.2) is 37.9 Å². The summed E-state index contributed by atoms with van der Waals surface area (Å²) >= 11 is 0. The minimum absolute atomic E-state index is 0.138. The molecule has 1 N–H and O–H groups in total. The summed E-state index contributed by atoms with van der Waals surface area (Å²) in [6.45, 7) is 3.92. The lowest BCUT2D eigenvalue weighted by atomic mass is 10.1. The van der Waals surface area contributed by atoms with E-state index in [1.807, 2.05) is 35.8 Å². The molecule has 0 saturated carbocycles. The van der Waals surface area contributed by atoms with E-state index >= 15 is 0 Å². The van der Waals surface area contributed by atoms with Crippen LogP contribution in [0.25, 0.3) is 11.2 Å². The Morgan fingerprint density at radius 1 is 1.18 bits per heavy atom. The van der Waals surface area contributed by atoms with Crippen LogP contribution in [0.2, 0.25) is 0 Å². The van der Waals surface area contributed by atoms with Crippen molar-refractivity contribution in [3.63, 3.8) is 0 Å². The molecular formula is C20H25N5O3. The molecular weight excluding hydrogens is 358 g/mol. The average Bonchev–Trinajstić information content (AvgIpc) is 3.33. The number of nitrogens with one attached hydrogen (secondary N) is 1. The van der Waals surface area contributed by atoms with Gasteiger partial charge in [-0.15, -0.1) is 0 Å². The Morgan fingerprint density at radius 3 is 2.61 bits per heavy atom. The van der Waals surface area contributed by atoms with Gasteiger partial charge >= 0.3 is 5.69 Å². The van der Waals surface area contributed by atoms with E-state index in [1.165, 1.54) is 17.2 Å². The molecule has 4 rings (SSSR count). The first kappa shape index (κ1) is 18.5. The zero-order chi connectivity index (χ0) is 19.8. The highest BCUT2D eigenvalue weighted by atomic mass is 16.5. The van der Waals surface area contributed by atoms with Gasteiger partial charge in [-0.2, -0.15) is 4.98 Å². The fourth-order valence-corrected chi connectivity index (χ4v) is 3.62. The maximum atomic E-state index is 12.9. The number of aryl methyl sites for hydroxylation is 2. The van der Waals surface area contributed by atoms with E-state index in [0.717, 1.165) is 29.6 Å². The van der Waals surface area contributed by atoms with Crippen molar-refractivity contribution in [2.24, 2.45) is 14.1 Å². The summed E-state index contributed by atoms with van der Waals surface area (Å²) in [6.07, 6.45) is 2.20. The fourth-order valence-electron chi connectivity index (χ4n) is 3.62. The van der Waals surface area contributed by atoms with Crippen LogP contribution in [0.5, 0.6) is 0 Å². The van der Waals surface area contributed by atoms with Crippen LogP contribution < -0.4 is 16.6 Å². The zero-order valence-electron chi connectivity index (χ0n) is 16.4. The van der Waals surface area contributed by atoms with Gasteiger partial charge in [-0.25, -0.2) is 4.79 Å². The van der Waals surface area contributed by atoms with E-state index in [2.05, 4.69) is 10.3 Å². The van der Waals surface area contributed by atoms with Crippen molar-refractivity contribution < 1.29 is 4.74 Å². The number of ether oxygens (including phenoxy) is 1. The molecule has 3 aromatic rings. The Labute approximate surface area is 162 Å². The van der Waals surface area contributed by atoms with Gasteiger partial charge in [-0.1, -0.05) is 29.8 Å². The number of hydrogen-bond donors (Lipinski definition) is 1. The van der Waals surface area contributed by atoms with Crippen molar-refractivity contribution >= 4 is 17.1 Å². The topological polar surface area (TPSA) is 83.1 Å². The number of nitrogens with zero attached hydrogens (tertiary/aromatic N) is 4.